The molecular weight excluding hydrogens is 785 g/mol. The predicted molar refractivity (Wildman–Crippen MR) is 239 cm³/mol. The van der Waals surface area contributed by atoms with Crippen LogP contribution in [0.4, 0.5) is 9.59 Å². The summed E-state index contributed by atoms with van der Waals surface area (Å²) < 4.78 is 9.63. The fraction of sp³-hybridized carbons (Fsp3) is 0.458. The molecule has 14 nitrogen and oxygen atoms in total. The van der Waals surface area contributed by atoms with E-state index in [1.54, 1.807) is 0 Å². The molecule has 14 heteroatoms. The Morgan fingerprint density at radius 3 is 1.52 bits per heavy atom. The second-order valence-electron chi connectivity index (χ2n) is 18.0. The standard InChI is InChI=1S/C48H60N8O6/c1-25(2)41(53-47(59)61-9)45(57)55-23-27(5)19-37(55)43-49-21-35(51-43)32-15-13-31(14-16-32)33-17-18-34(40-30(8)12-11-29(7)39(33)40)36-22-50-44(52-36)38-20-28(6)24-56(38)46(58)42(26(3)4)54-48(60)62-10/h11-18,21-22,25-28,37-38,41-42H,19-20,23-24H2,1-10H3,(H,49,51)(H,50,52)(H,53,59)(H,54,60)/t27-,28-,37-,38-,41+,42-/m0/s1. The largest absolute Gasteiger partial charge is 0.453 e. The lowest BCUT2D eigenvalue weighted by Crippen LogP contribution is -2.51. The van der Waals surface area contributed by atoms with Crippen molar-refractivity contribution in [2.75, 3.05) is 27.3 Å². The van der Waals surface area contributed by atoms with Gasteiger partial charge in [-0.05, 0) is 89.0 Å². The van der Waals surface area contributed by atoms with Gasteiger partial charge in [0.1, 0.15) is 23.7 Å². The quantitative estimate of drug-likeness (QED) is 0.102. The zero-order valence-electron chi connectivity index (χ0n) is 37.5. The Morgan fingerprint density at radius 1 is 0.629 bits per heavy atom. The molecule has 0 aliphatic carbocycles. The Labute approximate surface area is 363 Å². The van der Waals surface area contributed by atoms with Gasteiger partial charge in [0.2, 0.25) is 11.8 Å². The molecule has 6 atom stereocenters. The van der Waals surface area contributed by atoms with E-state index in [4.69, 9.17) is 19.4 Å². The van der Waals surface area contributed by atoms with E-state index < -0.39 is 24.3 Å². The molecule has 0 bridgehead atoms. The maximum atomic E-state index is 13.9. The predicted octanol–water partition coefficient (Wildman–Crippen LogP) is 8.48. The molecular formula is C48H60N8O6. The van der Waals surface area contributed by atoms with Gasteiger partial charge in [-0.1, -0.05) is 90.1 Å². The molecule has 2 saturated heterocycles. The Balaban J connectivity index is 1.15. The number of alkyl carbamates (subject to hydrolysis) is 2. The van der Waals surface area contributed by atoms with Crippen molar-refractivity contribution in [3.8, 4) is 33.6 Å². The Kier molecular flexibility index (Phi) is 12.8. The van der Waals surface area contributed by atoms with E-state index in [-0.39, 0.29) is 47.6 Å². The van der Waals surface area contributed by atoms with Gasteiger partial charge in [0.05, 0.1) is 50.1 Å². The molecule has 2 fully saturated rings. The van der Waals surface area contributed by atoms with Crippen molar-refractivity contribution in [2.45, 2.75) is 92.4 Å². The number of carbonyl (C=O) groups is 4. The molecule has 5 aromatic rings. The van der Waals surface area contributed by atoms with E-state index >= 15 is 0 Å². The summed E-state index contributed by atoms with van der Waals surface area (Å²) in [7, 11) is 2.59. The molecule has 2 aromatic heterocycles. The van der Waals surface area contributed by atoms with Gasteiger partial charge >= 0.3 is 12.2 Å². The van der Waals surface area contributed by atoms with E-state index in [9.17, 15) is 19.2 Å². The molecule has 62 heavy (non-hydrogen) atoms. The highest BCUT2D eigenvalue weighted by molar-refractivity contribution is 6.08. The van der Waals surface area contributed by atoms with Crippen LogP contribution < -0.4 is 10.6 Å². The average Bonchev–Trinajstić information content (AvgIpc) is 4.09. The van der Waals surface area contributed by atoms with Crippen LogP contribution in [0, 0.1) is 37.5 Å². The number of fused-ring (bicyclic) bond motifs is 1. The van der Waals surface area contributed by atoms with Crippen molar-refractivity contribution in [1.29, 1.82) is 0 Å². The molecule has 3 aromatic carbocycles. The molecule has 2 aliphatic rings. The zero-order chi connectivity index (χ0) is 44.6. The van der Waals surface area contributed by atoms with Crippen LogP contribution in [-0.4, -0.2) is 93.1 Å². The third kappa shape index (κ3) is 8.64. The van der Waals surface area contributed by atoms with Crippen LogP contribution in [0.15, 0.2) is 60.9 Å². The maximum Gasteiger partial charge on any atom is 0.407 e. The van der Waals surface area contributed by atoms with Crippen LogP contribution in [0.2, 0.25) is 0 Å². The van der Waals surface area contributed by atoms with E-state index in [2.05, 4.69) is 96.8 Å². The highest BCUT2D eigenvalue weighted by atomic mass is 16.5. The number of ether oxygens (including phenoxy) is 2. The molecule has 0 saturated carbocycles. The van der Waals surface area contributed by atoms with E-state index in [0.29, 0.717) is 18.9 Å². The fourth-order valence-electron chi connectivity index (χ4n) is 9.28. The van der Waals surface area contributed by atoms with Gasteiger partial charge in [0, 0.05) is 18.7 Å². The highest BCUT2D eigenvalue weighted by Crippen LogP contribution is 2.42. The first-order valence-electron chi connectivity index (χ1n) is 21.6. The van der Waals surface area contributed by atoms with Crippen LogP contribution in [0.1, 0.15) is 89.2 Å². The van der Waals surface area contributed by atoms with E-state index in [1.165, 1.54) is 14.2 Å². The second-order valence-corrected chi connectivity index (χ2v) is 18.0. The van der Waals surface area contributed by atoms with Crippen molar-refractivity contribution in [3.05, 3.63) is 83.7 Å². The molecule has 7 rings (SSSR count). The number of benzene rings is 3. The first-order valence-corrected chi connectivity index (χ1v) is 21.6. The molecule has 4 N–H and O–H groups in total. The van der Waals surface area contributed by atoms with Crippen LogP contribution >= 0.6 is 0 Å². The molecule has 0 unspecified atom stereocenters. The summed E-state index contributed by atoms with van der Waals surface area (Å²) in [5.41, 5.74) is 8.17. The minimum atomic E-state index is -0.719. The maximum absolute atomic E-state index is 13.9. The topological polar surface area (TPSA) is 175 Å². The fourth-order valence-corrected chi connectivity index (χ4v) is 9.28. The number of likely N-dealkylation sites (tertiary alicyclic amines) is 2. The number of hydrogen-bond acceptors (Lipinski definition) is 8. The van der Waals surface area contributed by atoms with E-state index in [0.717, 1.165) is 74.2 Å². The number of nitrogens with one attached hydrogen (secondary N) is 4. The SMILES string of the molecule is COC(=O)N[C@H](C(=O)N1C[C@@H](C)C[C@H]1c1ncc(-c2ccc(-c3ccc(-c4cnc([C@@H]5C[C@H](C)CN5C(=O)[C@H](NC(=O)OC)C(C)C)[nH]4)cc3)c3c(C)ccc(C)c23)[nH]1)C(C)C. The number of hydrogen-bond donors (Lipinski definition) is 4. The summed E-state index contributed by atoms with van der Waals surface area (Å²) in [6.07, 6.45) is 3.94. The van der Waals surface area contributed by atoms with Crippen molar-refractivity contribution in [2.24, 2.45) is 23.7 Å². The Bertz CT molecular complexity index is 2450. The van der Waals surface area contributed by atoms with Gasteiger partial charge in [0.25, 0.3) is 0 Å². The first kappa shape index (κ1) is 43.9. The number of carbonyl (C=O) groups excluding carboxylic acids is 4. The number of amides is 4. The minimum Gasteiger partial charge on any atom is -0.453 e. The number of methoxy groups -OCH3 is 2. The number of H-pyrrole nitrogens is 2. The molecule has 0 radical (unpaired) electrons. The number of nitrogens with zero attached hydrogens (tertiary/aromatic N) is 4. The minimum absolute atomic E-state index is 0.123. The third-order valence-corrected chi connectivity index (χ3v) is 12.6. The number of rotatable bonds is 11. The van der Waals surface area contributed by atoms with Crippen molar-refractivity contribution < 1.29 is 28.7 Å². The summed E-state index contributed by atoms with van der Waals surface area (Å²) in [4.78, 5) is 72.4. The second kappa shape index (κ2) is 18.0. The molecule has 4 heterocycles. The Morgan fingerprint density at radius 2 is 1.05 bits per heavy atom. The van der Waals surface area contributed by atoms with Gasteiger partial charge in [-0.15, -0.1) is 0 Å². The average molecular weight is 845 g/mol. The Hall–Kier alpha value is -6.18. The normalized spacial score (nSPS) is 19.9. The van der Waals surface area contributed by atoms with Crippen molar-refractivity contribution in [1.82, 2.24) is 40.4 Å². The van der Waals surface area contributed by atoms with Crippen LogP contribution in [0.5, 0.6) is 0 Å². The highest BCUT2D eigenvalue weighted by Gasteiger charge is 2.41. The monoisotopic (exact) mass is 844 g/mol. The number of aryl methyl sites for hydroxylation is 2. The van der Waals surface area contributed by atoms with Gasteiger partial charge in [-0.3, -0.25) is 9.59 Å². The van der Waals surface area contributed by atoms with Crippen LogP contribution in [0.25, 0.3) is 44.4 Å². The van der Waals surface area contributed by atoms with Gasteiger partial charge in [-0.2, -0.15) is 0 Å². The lowest BCUT2D eigenvalue weighted by atomic mass is 9.89. The summed E-state index contributed by atoms with van der Waals surface area (Å²) in [6.45, 7) is 17.3. The molecule has 2 aliphatic heterocycles. The van der Waals surface area contributed by atoms with Crippen molar-refractivity contribution >= 4 is 34.8 Å². The first-order chi connectivity index (χ1) is 29.6. The van der Waals surface area contributed by atoms with Gasteiger partial charge in [0.15, 0.2) is 0 Å². The van der Waals surface area contributed by atoms with Crippen molar-refractivity contribution in [3.63, 3.8) is 0 Å². The summed E-state index contributed by atoms with van der Waals surface area (Å²) in [5.74, 6) is 1.41. The smallest absolute Gasteiger partial charge is 0.407 e. The molecule has 328 valence electrons. The van der Waals surface area contributed by atoms with Crippen LogP contribution in [0.3, 0.4) is 0 Å². The summed E-state index contributed by atoms with van der Waals surface area (Å²) in [5, 5.41) is 7.74. The summed E-state index contributed by atoms with van der Waals surface area (Å²) >= 11 is 0. The summed E-state index contributed by atoms with van der Waals surface area (Å²) in [6, 6.07) is 15.1. The number of aromatic nitrogens is 4. The third-order valence-electron chi connectivity index (χ3n) is 12.6. The van der Waals surface area contributed by atoms with Gasteiger partial charge in [-0.25, -0.2) is 19.6 Å². The van der Waals surface area contributed by atoms with Crippen LogP contribution in [-0.2, 0) is 19.1 Å². The molecule has 4 amide bonds. The van der Waals surface area contributed by atoms with E-state index in [1.807, 2.05) is 49.9 Å². The molecule has 0 spiro atoms. The zero-order valence-corrected chi connectivity index (χ0v) is 37.5. The lowest BCUT2D eigenvalue weighted by molar-refractivity contribution is -0.136. The van der Waals surface area contributed by atoms with Gasteiger partial charge < -0.3 is 39.9 Å². The lowest BCUT2D eigenvalue weighted by Gasteiger charge is -2.30. The number of imidazole rings is 2. The number of aromatic amines is 2.